The van der Waals surface area contributed by atoms with Crippen LogP contribution in [0.3, 0.4) is 0 Å². The molecule has 4 aromatic rings. The third-order valence-corrected chi connectivity index (χ3v) is 4.70. The van der Waals surface area contributed by atoms with Gasteiger partial charge in [0.05, 0.1) is 23.6 Å². The van der Waals surface area contributed by atoms with Crippen LogP contribution in [0.1, 0.15) is 5.56 Å². The highest BCUT2D eigenvalue weighted by Gasteiger charge is 2.19. The smallest absolute Gasteiger partial charge is 0.423 e. The Morgan fingerprint density at radius 1 is 1.13 bits per heavy atom. The zero-order valence-electron chi connectivity index (χ0n) is 16.5. The van der Waals surface area contributed by atoms with E-state index in [1.807, 2.05) is 25.1 Å². The summed E-state index contributed by atoms with van der Waals surface area (Å²) in [6.07, 6.45) is 3.22. The van der Waals surface area contributed by atoms with E-state index in [0.717, 1.165) is 11.3 Å². The van der Waals surface area contributed by atoms with Crippen molar-refractivity contribution in [3.05, 3.63) is 66.2 Å². The molecule has 0 bridgehead atoms. The Morgan fingerprint density at radius 2 is 1.93 bits per heavy atom. The number of nitrogens with zero attached hydrogens (tertiary/aromatic N) is 5. The molecule has 152 valence electrons. The maximum absolute atomic E-state index is 13.5. The first-order chi connectivity index (χ1) is 14.4. The van der Waals surface area contributed by atoms with Crippen molar-refractivity contribution >= 4 is 35.0 Å². The molecular weight excluding hydrogens is 386 g/mol. The van der Waals surface area contributed by atoms with Crippen LogP contribution < -0.4 is 15.7 Å². The van der Waals surface area contributed by atoms with Gasteiger partial charge in [0, 0.05) is 26.0 Å². The molecule has 8 nitrogen and oxygen atoms in total. The molecule has 0 atom stereocenters. The van der Waals surface area contributed by atoms with E-state index < -0.39 is 7.12 Å². The highest BCUT2D eigenvalue weighted by Crippen LogP contribution is 2.24. The average Bonchev–Trinajstić information content (AvgIpc) is 3.16. The number of aromatic nitrogens is 4. The number of hydrogen-bond donors (Lipinski definition) is 3. The standard InChI is InChI=1S/C20H20BFN6O2/c1-27(2)18-12-24-20(26-19(18)23-10-13-5-3-6-14(22)9-13)28-17-8-4-7-16(21(29)30)15(17)11-25-28/h3-9,11-12,29-30H,10H2,1-2H3,(H,23,24,26). The Kier molecular flexibility index (Phi) is 5.34. The predicted molar refractivity (Wildman–Crippen MR) is 115 cm³/mol. The van der Waals surface area contributed by atoms with E-state index >= 15 is 0 Å². The van der Waals surface area contributed by atoms with E-state index in [4.69, 9.17) is 0 Å². The number of fused-ring (bicyclic) bond motifs is 1. The van der Waals surface area contributed by atoms with Gasteiger partial charge in [-0.25, -0.2) is 9.37 Å². The monoisotopic (exact) mass is 406 g/mol. The van der Waals surface area contributed by atoms with Crippen molar-refractivity contribution in [2.45, 2.75) is 6.54 Å². The summed E-state index contributed by atoms with van der Waals surface area (Å²) in [5.41, 5.74) is 2.55. The van der Waals surface area contributed by atoms with Crippen molar-refractivity contribution in [1.82, 2.24) is 19.7 Å². The predicted octanol–water partition coefficient (Wildman–Crippen LogP) is 1.31. The molecule has 0 saturated carbocycles. The first-order valence-corrected chi connectivity index (χ1v) is 9.30. The van der Waals surface area contributed by atoms with Gasteiger partial charge in [-0.2, -0.15) is 14.8 Å². The summed E-state index contributed by atoms with van der Waals surface area (Å²) in [6, 6.07) is 11.5. The van der Waals surface area contributed by atoms with E-state index in [0.29, 0.717) is 34.7 Å². The van der Waals surface area contributed by atoms with Gasteiger partial charge in [0.15, 0.2) is 5.82 Å². The van der Waals surface area contributed by atoms with Gasteiger partial charge in [-0.3, -0.25) is 0 Å². The van der Waals surface area contributed by atoms with Crippen molar-refractivity contribution in [3.63, 3.8) is 0 Å². The van der Waals surface area contributed by atoms with Crippen LogP contribution >= 0.6 is 0 Å². The van der Waals surface area contributed by atoms with Crippen molar-refractivity contribution in [2.24, 2.45) is 0 Å². The molecule has 2 heterocycles. The lowest BCUT2D eigenvalue weighted by Crippen LogP contribution is -2.30. The summed E-state index contributed by atoms with van der Waals surface area (Å²) in [4.78, 5) is 10.9. The maximum Gasteiger partial charge on any atom is 0.489 e. The normalized spacial score (nSPS) is 11.0. The van der Waals surface area contributed by atoms with Gasteiger partial charge in [-0.15, -0.1) is 0 Å². The molecular formula is C20H20BFN6O2. The van der Waals surface area contributed by atoms with Crippen molar-refractivity contribution in [2.75, 3.05) is 24.3 Å². The lowest BCUT2D eigenvalue weighted by Gasteiger charge is -2.18. The second-order valence-corrected chi connectivity index (χ2v) is 6.99. The third-order valence-electron chi connectivity index (χ3n) is 4.70. The fourth-order valence-corrected chi connectivity index (χ4v) is 3.22. The first-order valence-electron chi connectivity index (χ1n) is 9.30. The fourth-order valence-electron chi connectivity index (χ4n) is 3.22. The van der Waals surface area contributed by atoms with Crippen LogP contribution in [-0.4, -0.2) is 51.0 Å². The second-order valence-electron chi connectivity index (χ2n) is 6.99. The van der Waals surface area contributed by atoms with E-state index in [2.05, 4.69) is 20.4 Å². The van der Waals surface area contributed by atoms with Crippen molar-refractivity contribution in [3.8, 4) is 5.95 Å². The number of rotatable bonds is 6. The Bertz CT molecular complexity index is 1200. The molecule has 2 aromatic carbocycles. The number of hydrogen-bond acceptors (Lipinski definition) is 7. The molecule has 0 saturated heterocycles. The Balaban J connectivity index is 1.72. The third kappa shape index (κ3) is 3.82. The summed E-state index contributed by atoms with van der Waals surface area (Å²) >= 11 is 0. The van der Waals surface area contributed by atoms with E-state index in [-0.39, 0.29) is 5.82 Å². The molecule has 4 rings (SSSR count). The number of nitrogens with one attached hydrogen (secondary N) is 1. The van der Waals surface area contributed by atoms with E-state index in [1.54, 1.807) is 36.7 Å². The van der Waals surface area contributed by atoms with Crippen LogP contribution in [-0.2, 0) is 6.54 Å². The molecule has 0 amide bonds. The van der Waals surface area contributed by atoms with Crippen LogP contribution in [0.2, 0.25) is 0 Å². The number of anilines is 2. The Labute approximate surface area is 172 Å². The summed E-state index contributed by atoms with van der Waals surface area (Å²) in [6.45, 7) is 0.385. The largest absolute Gasteiger partial charge is 0.489 e. The van der Waals surface area contributed by atoms with E-state index in [9.17, 15) is 14.4 Å². The zero-order valence-corrected chi connectivity index (χ0v) is 16.5. The molecule has 3 N–H and O–H groups in total. The van der Waals surface area contributed by atoms with Gasteiger partial charge in [-0.1, -0.05) is 24.3 Å². The topological polar surface area (TPSA) is 99.3 Å². The molecule has 0 aliphatic heterocycles. The molecule has 0 fully saturated rings. The summed E-state index contributed by atoms with van der Waals surface area (Å²) in [5, 5.41) is 27.3. The van der Waals surface area contributed by atoms with Crippen molar-refractivity contribution in [1.29, 1.82) is 0 Å². The van der Waals surface area contributed by atoms with Crippen LogP contribution in [0.15, 0.2) is 54.9 Å². The van der Waals surface area contributed by atoms with Gasteiger partial charge in [0.25, 0.3) is 5.95 Å². The minimum Gasteiger partial charge on any atom is -0.423 e. The maximum atomic E-state index is 13.5. The average molecular weight is 406 g/mol. The zero-order chi connectivity index (χ0) is 21.3. The van der Waals surface area contributed by atoms with Gasteiger partial charge in [0.1, 0.15) is 5.82 Å². The van der Waals surface area contributed by atoms with E-state index in [1.165, 1.54) is 16.8 Å². The van der Waals surface area contributed by atoms with Gasteiger partial charge < -0.3 is 20.3 Å². The summed E-state index contributed by atoms with van der Waals surface area (Å²) in [7, 11) is 2.15. The fraction of sp³-hybridized carbons (Fsp3) is 0.150. The van der Waals surface area contributed by atoms with Crippen LogP contribution in [0.4, 0.5) is 15.9 Å². The molecule has 0 unspecified atom stereocenters. The van der Waals surface area contributed by atoms with Gasteiger partial charge >= 0.3 is 7.12 Å². The molecule has 0 aliphatic rings. The summed E-state index contributed by atoms with van der Waals surface area (Å²) in [5.74, 6) is 0.591. The van der Waals surface area contributed by atoms with Gasteiger partial charge in [0.2, 0.25) is 0 Å². The second kappa shape index (κ2) is 8.09. The molecule has 0 spiro atoms. The van der Waals surface area contributed by atoms with Crippen LogP contribution in [0.25, 0.3) is 16.9 Å². The molecule has 10 heteroatoms. The molecule has 0 radical (unpaired) electrons. The van der Waals surface area contributed by atoms with Crippen molar-refractivity contribution < 1.29 is 14.4 Å². The van der Waals surface area contributed by atoms with Crippen LogP contribution in [0, 0.1) is 5.82 Å². The quantitative estimate of drug-likeness (QED) is 0.416. The Hall–Kier alpha value is -3.50. The minimum atomic E-state index is -1.60. The number of halogens is 1. The highest BCUT2D eigenvalue weighted by molar-refractivity contribution is 6.61. The number of benzene rings is 2. The first kappa shape index (κ1) is 19.8. The Morgan fingerprint density at radius 3 is 2.67 bits per heavy atom. The van der Waals surface area contributed by atoms with Crippen LogP contribution in [0.5, 0.6) is 0 Å². The lowest BCUT2D eigenvalue weighted by molar-refractivity contribution is 0.426. The molecule has 0 aliphatic carbocycles. The SMILES string of the molecule is CN(C)c1cnc(-n2ncc3c(B(O)O)cccc32)nc1NCc1cccc(F)c1. The molecule has 2 aromatic heterocycles. The summed E-state index contributed by atoms with van der Waals surface area (Å²) < 4.78 is 15.0. The lowest BCUT2D eigenvalue weighted by atomic mass is 9.78. The minimum absolute atomic E-state index is 0.296. The molecule has 30 heavy (non-hydrogen) atoms. The van der Waals surface area contributed by atoms with Gasteiger partial charge in [-0.05, 0) is 29.2 Å². The highest BCUT2D eigenvalue weighted by atomic mass is 19.1.